The van der Waals surface area contributed by atoms with E-state index in [1.54, 1.807) is 36.5 Å². The van der Waals surface area contributed by atoms with Crippen LogP contribution >= 0.6 is 0 Å². The number of hydrogen-bond acceptors (Lipinski definition) is 6. The van der Waals surface area contributed by atoms with Gasteiger partial charge in [0.1, 0.15) is 23.1 Å². The van der Waals surface area contributed by atoms with Gasteiger partial charge in [-0.3, -0.25) is 19.1 Å². The predicted molar refractivity (Wildman–Crippen MR) is 110 cm³/mol. The second-order valence-corrected chi connectivity index (χ2v) is 6.49. The molecular formula is C23H15N3O4. The number of nitriles is 1. The van der Waals surface area contributed by atoms with Crippen LogP contribution < -0.4 is 10.3 Å². The first-order valence-electron chi connectivity index (χ1n) is 8.96. The molecule has 0 fully saturated rings. The quantitative estimate of drug-likeness (QED) is 0.530. The fourth-order valence-electron chi connectivity index (χ4n) is 3.24. The summed E-state index contributed by atoms with van der Waals surface area (Å²) < 4.78 is 6.38. The van der Waals surface area contributed by atoms with Gasteiger partial charge in [0.25, 0.3) is 5.56 Å². The summed E-state index contributed by atoms with van der Waals surface area (Å²) in [4.78, 5) is 30.3. The van der Waals surface area contributed by atoms with E-state index < -0.39 is 11.3 Å². The van der Waals surface area contributed by atoms with Gasteiger partial charge in [-0.25, -0.2) is 0 Å². The number of ether oxygens (including phenoxy) is 1. The molecule has 0 saturated heterocycles. The molecule has 2 heterocycles. The Morgan fingerprint density at radius 3 is 2.77 bits per heavy atom. The monoisotopic (exact) mass is 397 g/mol. The molecule has 7 heteroatoms. The lowest BCUT2D eigenvalue weighted by Gasteiger charge is -2.12. The van der Waals surface area contributed by atoms with Crippen molar-refractivity contribution in [3.63, 3.8) is 0 Å². The zero-order chi connectivity index (χ0) is 21.3. The van der Waals surface area contributed by atoms with E-state index in [4.69, 9.17) is 4.74 Å². The molecule has 2 aromatic heterocycles. The van der Waals surface area contributed by atoms with E-state index >= 15 is 0 Å². The van der Waals surface area contributed by atoms with Crippen molar-refractivity contribution in [1.29, 1.82) is 5.26 Å². The van der Waals surface area contributed by atoms with Crippen molar-refractivity contribution < 1.29 is 14.6 Å². The van der Waals surface area contributed by atoms with Crippen LogP contribution in [-0.2, 0) is 0 Å². The first-order chi connectivity index (χ1) is 14.5. The van der Waals surface area contributed by atoms with E-state index in [0.717, 1.165) is 0 Å². The Kier molecular flexibility index (Phi) is 4.74. The van der Waals surface area contributed by atoms with E-state index in [-0.39, 0.29) is 22.4 Å². The fourth-order valence-corrected chi connectivity index (χ4v) is 3.24. The average molecular weight is 397 g/mol. The number of pyridine rings is 2. The fraction of sp³-hybridized carbons (Fsp3) is 0.0435. The summed E-state index contributed by atoms with van der Waals surface area (Å²) in [5.74, 6) is -0.383. The molecule has 0 radical (unpaired) electrons. The Labute approximate surface area is 171 Å². The van der Waals surface area contributed by atoms with Gasteiger partial charge in [-0.1, -0.05) is 6.07 Å². The lowest BCUT2D eigenvalue weighted by atomic mass is 10.0. The maximum Gasteiger partial charge on any atom is 0.273 e. The number of rotatable bonds is 4. The van der Waals surface area contributed by atoms with Crippen molar-refractivity contribution in [3.05, 3.63) is 94.0 Å². The maximum atomic E-state index is 13.1. The van der Waals surface area contributed by atoms with E-state index in [2.05, 4.69) is 4.98 Å². The zero-order valence-corrected chi connectivity index (χ0v) is 15.9. The first-order valence-corrected chi connectivity index (χ1v) is 8.96. The topological polar surface area (TPSA) is 105 Å². The van der Waals surface area contributed by atoms with Gasteiger partial charge in [-0.05, 0) is 48.5 Å². The lowest BCUT2D eigenvalue weighted by Crippen LogP contribution is -2.23. The highest BCUT2D eigenvalue weighted by atomic mass is 16.5. The minimum Gasteiger partial charge on any atom is -0.507 e. The summed E-state index contributed by atoms with van der Waals surface area (Å²) in [5.41, 5.74) is 0.497. The Hall–Kier alpha value is -4.44. The molecule has 7 nitrogen and oxygen atoms in total. The number of nitrogens with zero attached hydrogens (tertiary/aromatic N) is 3. The number of carbonyl (C=O) groups is 1. The molecule has 2 aromatic carbocycles. The average Bonchev–Trinajstić information content (AvgIpc) is 2.79. The number of phenols is 1. The standard InChI is InChI=1S/C23H15N3O4/c1-30-16-7-8-21(27)18(11-16)22(28)15-10-14(12-24)23(29)26(13-15)20-6-2-5-19-17(20)4-3-9-25-19/h2-11,13,27H,1H3. The molecule has 0 amide bonds. The van der Waals surface area contributed by atoms with Gasteiger partial charge in [0, 0.05) is 23.3 Å². The Balaban J connectivity index is 1.95. The second-order valence-electron chi connectivity index (χ2n) is 6.49. The number of benzene rings is 2. The van der Waals surface area contributed by atoms with Crippen molar-refractivity contribution in [2.45, 2.75) is 0 Å². The smallest absolute Gasteiger partial charge is 0.273 e. The normalized spacial score (nSPS) is 10.5. The van der Waals surface area contributed by atoms with E-state index in [9.17, 15) is 20.0 Å². The molecule has 0 unspecified atom stereocenters. The molecule has 4 rings (SSSR count). The van der Waals surface area contributed by atoms with Gasteiger partial charge >= 0.3 is 0 Å². The number of methoxy groups -OCH3 is 1. The van der Waals surface area contributed by atoms with Crippen molar-refractivity contribution in [2.75, 3.05) is 7.11 Å². The van der Waals surface area contributed by atoms with Gasteiger partial charge in [-0.15, -0.1) is 0 Å². The molecule has 1 N–H and O–H groups in total. The number of ketones is 1. The van der Waals surface area contributed by atoms with E-state index in [0.29, 0.717) is 22.3 Å². The zero-order valence-electron chi connectivity index (χ0n) is 15.9. The van der Waals surface area contributed by atoms with Crippen molar-refractivity contribution >= 4 is 16.7 Å². The number of carbonyl (C=O) groups excluding carboxylic acids is 1. The van der Waals surface area contributed by atoms with E-state index in [1.807, 2.05) is 6.07 Å². The summed E-state index contributed by atoms with van der Waals surface area (Å²) >= 11 is 0. The number of fused-ring (bicyclic) bond motifs is 1. The lowest BCUT2D eigenvalue weighted by molar-refractivity contribution is 0.103. The second kappa shape index (κ2) is 7.53. The van der Waals surface area contributed by atoms with Gasteiger partial charge in [0.2, 0.25) is 0 Å². The van der Waals surface area contributed by atoms with Crippen LogP contribution in [0.1, 0.15) is 21.5 Å². The summed E-state index contributed by atoms with van der Waals surface area (Å²) in [5, 5.41) is 20.3. The molecule has 0 aliphatic heterocycles. The maximum absolute atomic E-state index is 13.1. The number of hydrogen-bond donors (Lipinski definition) is 1. The minimum absolute atomic E-state index is 0.00280. The predicted octanol–water partition coefficient (Wildman–Crippen LogP) is 3.20. The van der Waals surface area contributed by atoms with Crippen molar-refractivity contribution in [2.24, 2.45) is 0 Å². The number of phenolic OH excluding ortho intramolecular Hbond substituents is 1. The molecule has 0 saturated carbocycles. The molecule has 0 bridgehead atoms. The molecule has 4 aromatic rings. The van der Waals surface area contributed by atoms with Crippen LogP contribution in [0.5, 0.6) is 11.5 Å². The largest absolute Gasteiger partial charge is 0.507 e. The Morgan fingerprint density at radius 2 is 2.00 bits per heavy atom. The highest BCUT2D eigenvalue weighted by Crippen LogP contribution is 2.26. The molecule has 30 heavy (non-hydrogen) atoms. The number of aromatic hydroxyl groups is 1. The molecule has 0 spiro atoms. The highest BCUT2D eigenvalue weighted by molar-refractivity contribution is 6.11. The van der Waals surface area contributed by atoms with Gasteiger partial charge in [0.05, 0.1) is 23.9 Å². The van der Waals surface area contributed by atoms with Crippen LogP contribution in [-0.4, -0.2) is 27.6 Å². The third-order valence-electron chi connectivity index (χ3n) is 4.73. The SMILES string of the molecule is COc1ccc(O)c(C(=O)c2cc(C#N)c(=O)n(-c3cccc4ncccc34)c2)c1. The van der Waals surface area contributed by atoms with Crippen LogP contribution in [0.25, 0.3) is 16.6 Å². The first kappa shape index (κ1) is 18.9. The van der Waals surface area contributed by atoms with Crippen LogP contribution in [0.3, 0.4) is 0 Å². The van der Waals surface area contributed by atoms with Crippen LogP contribution in [0.4, 0.5) is 0 Å². The highest BCUT2D eigenvalue weighted by Gasteiger charge is 2.19. The third kappa shape index (κ3) is 3.16. The van der Waals surface area contributed by atoms with Crippen LogP contribution in [0, 0.1) is 11.3 Å². The summed E-state index contributed by atoms with van der Waals surface area (Å²) in [7, 11) is 1.45. The summed E-state index contributed by atoms with van der Waals surface area (Å²) in [6.07, 6.45) is 3.01. The van der Waals surface area contributed by atoms with Crippen LogP contribution in [0.2, 0.25) is 0 Å². The molecule has 0 aliphatic carbocycles. The van der Waals surface area contributed by atoms with Crippen molar-refractivity contribution in [1.82, 2.24) is 9.55 Å². The van der Waals surface area contributed by atoms with Gasteiger partial charge in [0.15, 0.2) is 5.78 Å². The Morgan fingerprint density at radius 1 is 1.17 bits per heavy atom. The van der Waals surface area contributed by atoms with Gasteiger partial charge < -0.3 is 9.84 Å². The molecule has 146 valence electrons. The van der Waals surface area contributed by atoms with Crippen molar-refractivity contribution in [3.8, 4) is 23.3 Å². The molecule has 0 atom stereocenters. The van der Waals surface area contributed by atoms with E-state index in [1.165, 1.54) is 42.1 Å². The number of aromatic nitrogens is 2. The minimum atomic E-state index is -0.555. The summed E-state index contributed by atoms with van der Waals surface area (Å²) in [6, 6.07) is 16.2. The molecule has 0 aliphatic rings. The van der Waals surface area contributed by atoms with Gasteiger partial charge in [-0.2, -0.15) is 5.26 Å². The Bertz CT molecular complexity index is 1390. The third-order valence-corrected chi connectivity index (χ3v) is 4.73. The molecular weight excluding hydrogens is 382 g/mol. The van der Waals surface area contributed by atoms with Crippen LogP contribution in [0.15, 0.2) is 71.8 Å². The summed E-state index contributed by atoms with van der Waals surface area (Å²) in [6.45, 7) is 0.